The van der Waals surface area contributed by atoms with Crippen LogP contribution in [0.5, 0.6) is 11.5 Å². The second-order valence-electron chi connectivity index (χ2n) is 10.5. The van der Waals surface area contributed by atoms with E-state index in [0.29, 0.717) is 44.0 Å². The van der Waals surface area contributed by atoms with E-state index < -0.39 is 17.1 Å². The van der Waals surface area contributed by atoms with E-state index in [1.165, 1.54) is 24.9 Å². The van der Waals surface area contributed by atoms with Crippen LogP contribution in [0.4, 0.5) is 11.4 Å². The number of hydrogen-bond donors (Lipinski definition) is 3. The van der Waals surface area contributed by atoms with Gasteiger partial charge in [-0.3, -0.25) is 14.4 Å². The zero-order valence-electron chi connectivity index (χ0n) is 26.4. The zero-order chi connectivity index (χ0) is 34.8. The van der Waals surface area contributed by atoms with Crippen molar-refractivity contribution >= 4 is 70.1 Å². The average Bonchev–Trinajstić information content (AvgIpc) is 3.13. The van der Waals surface area contributed by atoms with Crippen LogP contribution in [0, 0.1) is 0 Å². The Morgan fingerprint density at radius 3 is 2.04 bits per heavy atom. The third-order valence-electron chi connectivity index (χ3n) is 7.16. The molecule has 0 bridgehead atoms. The quantitative estimate of drug-likeness (QED) is 0.0882. The zero-order valence-corrected chi connectivity index (χ0v) is 28.7. The molecular weight excluding hydrogens is 681 g/mol. The molecule has 3 N–H and O–H groups in total. The van der Waals surface area contributed by atoms with Gasteiger partial charge in [-0.2, -0.15) is 0 Å². The Morgan fingerprint density at radius 1 is 0.714 bits per heavy atom. The summed E-state index contributed by atoms with van der Waals surface area (Å²) in [4.78, 5) is 41.0. The van der Waals surface area contributed by atoms with E-state index in [1.54, 1.807) is 98.1 Å². The number of rotatable bonds is 12. The second-order valence-corrected chi connectivity index (χ2v) is 12.5. The number of anilines is 2. The van der Waals surface area contributed by atoms with Crippen molar-refractivity contribution in [3.63, 3.8) is 0 Å². The van der Waals surface area contributed by atoms with Gasteiger partial charge in [-0.15, -0.1) is 11.8 Å². The highest BCUT2D eigenvalue weighted by atomic mass is 35.5. The lowest BCUT2D eigenvalue weighted by Gasteiger charge is -2.18. The maximum Gasteiger partial charge on any atom is 0.272 e. The first-order valence-electron chi connectivity index (χ1n) is 14.9. The van der Waals surface area contributed by atoms with Crippen LogP contribution in [-0.4, -0.2) is 31.9 Å². The first kappa shape index (κ1) is 35.1. The van der Waals surface area contributed by atoms with E-state index in [9.17, 15) is 14.4 Å². The molecule has 3 amide bonds. The van der Waals surface area contributed by atoms with Gasteiger partial charge in [0.15, 0.2) is 0 Å². The second kappa shape index (κ2) is 16.7. The molecule has 5 rings (SSSR count). The summed E-state index contributed by atoms with van der Waals surface area (Å²) >= 11 is 13.6. The number of nitrogens with one attached hydrogen (secondary N) is 3. The molecule has 0 saturated heterocycles. The van der Waals surface area contributed by atoms with Gasteiger partial charge in [-0.1, -0.05) is 71.7 Å². The van der Waals surface area contributed by atoms with Crippen LogP contribution >= 0.6 is 35.0 Å². The van der Waals surface area contributed by atoms with Crippen LogP contribution in [0.1, 0.15) is 26.7 Å². The number of thioether (sulfide) groups is 1. The maximum atomic E-state index is 13.6. The summed E-state index contributed by atoms with van der Waals surface area (Å²) in [7, 11) is 3.05. The number of amides is 3. The normalized spacial score (nSPS) is 11.6. The van der Waals surface area contributed by atoms with E-state index in [2.05, 4.69) is 16.0 Å². The summed E-state index contributed by atoms with van der Waals surface area (Å²) in [5.41, 5.74) is 2.75. The van der Waals surface area contributed by atoms with Gasteiger partial charge in [0.05, 0.1) is 24.3 Å². The van der Waals surface area contributed by atoms with Crippen molar-refractivity contribution in [3.05, 3.63) is 154 Å². The minimum atomic E-state index is -0.599. The molecule has 0 fully saturated rings. The SMILES string of the molecule is COc1ccc(/C=C(\NC(=O)c2ccccc2)C(=O)Nc2ccc(SC(C(=O)Nc3ccc(Cl)c(Cl)c3)c3ccccc3)cc2)c(OC)c1. The van der Waals surface area contributed by atoms with Gasteiger partial charge in [0.1, 0.15) is 22.4 Å². The molecule has 0 heterocycles. The standard InChI is InChI=1S/C38H31Cl2N3O5S/c1-47-29-17-13-26(34(23-29)48-2)21-33(43-36(44)25-11-7-4-8-12-25)37(45)41-27-14-18-30(19-15-27)49-35(24-9-5-3-6-10-24)38(46)42-28-16-20-31(39)32(40)22-28/h3-23,35H,1-2H3,(H,41,45)(H,42,46)(H,43,44)/b33-21-. The summed E-state index contributed by atoms with van der Waals surface area (Å²) in [6.07, 6.45) is 1.54. The first-order chi connectivity index (χ1) is 23.7. The summed E-state index contributed by atoms with van der Waals surface area (Å²) in [5, 5.41) is 8.64. The fraction of sp³-hybridized carbons (Fsp3) is 0.0789. The van der Waals surface area contributed by atoms with Gasteiger partial charge < -0.3 is 25.4 Å². The highest BCUT2D eigenvalue weighted by Gasteiger charge is 2.23. The number of methoxy groups -OCH3 is 2. The molecular formula is C38H31Cl2N3O5S. The molecule has 49 heavy (non-hydrogen) atoms. The molecule has 8 nitrogen and oxygen atoms in total. The molecule has 0 aromatic heterocycles. The lowest BCUT2D eigenvalue weighted by atomic mass is 10.1. The summed E-state index contributed by atoms with van der Waals surface area (Å²) in [5.74, 6) is -0.216. The van der Waals surface area contributed by atoms with Crippen molar-refractivity contribution < 1.29 is 23.9 Å². The van der Waals surface area contributed by atoms with Gasteiger partial charge >= 0.3 is 0 Å². The number of benzene rings is 5. The predicted octanol–water partition coefficient (Wildman–Crippen LogP) is 8.89. The Labute approximate surface area is 298 Å². The van der Waals surface area contributed by atoms with E-state index in [4.69, 9.17) is 32.7 Å². The van der Waals surface area contributed by atoms with Crippen LogP contribution in [-0.2, 0) is 9.59 Å². The lowest BCUT2D eigenvalue weighted by molar-refractivity contribution is -0.116. The van der Waals surface area contributed by atoms with Gasteiger partial charge in [-0.05, 0) is 78.4 Å². The van der Waals surface area contributed by atoms with Crippen LogP contribution < -0.4 is 25.4 Å². The fourth-order valence-corrected chi connectivity index (χ4v) is 5.99. The van der Waals surface area contributed by atoms with Crippen LogP contribution in [0.2, 0.25) is 10.0 Å². The molecule has 0 radical (unpaired) electrons. The Hall–Kier alpha value is -5.22. The number of hydrogen-bond acceptors (Lipinski definition) is 6. The van der Waals surface area contributed by atoms with Crippen molar-refractivity contribution in [3.8, 4) is 11.5 Å². The van der Waals surface area contributed by atoms with Gasteiger partial charge in [-0.25, -0.2) is 0 Å². The predicted molar refractivity (Wildman–Crippen MR) is 197 cm³/mol. The summed E-state index contributed by atoms with van der Waals surface area (Å²) in [6.45, 7) is 0. The summed E-state index contributed by atoms with van der Waals surface area (Å²) < 4.78 is 10.8. The molecule has 1 atom stereocenters. The lowest BCUT2D eigenvalue weighted by Crippen LogP contribution is -2.30. The van der Waals surface area contributed by atoms with Crippen molar-refractivity contribution in [1.29, 1.82) is 0 Å². The monoisotopic (exact) mass is 711 g/mol. The maximum absolute atomic E-state index is 13.6. The average molecular weight is 713 g/mol. The van der Waals surface area contributed by atoms with Crippen molar-refractivity contribution in [2.75, 3.05) is 24.9 Å². The van der Waals surface area contributed by atoms with Gasteiger partial charge in [0.25, 0.3) is 11.8 Å². The van der Waals surface area contributed by atoms with Crippen molar-refractivity contribution in [1.82, 2.24) is 5.32 Å². The minimum Gasteiger partial charge on any atom is -0.497 e. The molecule has 0 aliphatic carbocycles. The number of ether oxygens (including phenoxy) is 2. The molecule has 248 valence electrons. The molecule has 11 heteroatoms. The smallest absolute Gasteiger partial charge is 0.272 e. The Morgan fingerprint density at radius 2 is 1.39 bits per heavy atom. The van der Waals surface area contributed by atoms with E-state index in [1.807, 2.05) is 30.3 Å². The summed E-state index contributed by atoms with van der Waals surface area (Å²) in [6, 6.07) is 35.1. The molecule has 0 aliphatic heterocycles. The Balaban J connectivity index is 1.36. The number of halogens is 2. The van der Waals surface area contributed by atoms with Crippen molar-refractivity contribution in [2.24, 2.45) is 0 Å². The first-order valence-corrected chi connectivity index (χ1v) is 16.6. The van der Waals surface area contributed by atoms with E-state index in [-0.39, 0.29) is 11.6 Å². The Bertz CT molecular complexity index is 1970. The fourth-order valence-electron chi connectivity index (χ4n) is 4.67. The minimum absolute atomic E-state index is 0.00103. The molecule has 1 unspecified atom stereocenters. The largest absolute Gasteiger partial charge is 0.497 e. The van der Waals surface area contributed by atoms with Crippen LogP contribution in [0.3, 0.4) is 0 Å². The molecule has 0 aliphatic rings. The third-order valence-corrected chi connectivity index (χ3v) is 9.17. The molecule has 0 saturated carbocycles. The van der Waals surface area contributed by atoms with Crippen LogP contribution in [0.15, 0.2) is 132 Å². The molecule has 0 spiro atoms. The highest BCUT2D eigenvalue weighted by Crippen LogP contribution is 2.37. The van der Waals surface area contributed by atoms with Crippen molar-refractivity contribution in [2.45, 2.75) is 10.1 Å². The topological polar surface area (TPSA) is 106 Å². The van der Waals surface area contributed by atoms with Gasteiger partial charge in [0.2, 0.25) is 5.91 Å². The number of carbonyl (C=O) groups excluding carboxylic acids is 3. The van der Waals surface area contributed by atoms with Crippen LogP contribution in [0.25, 0.3) is 6.08 Å². The molecule has 5 aromatic rings. The Kier molecular flexibility index (Phi) is 12.0. The van der Waals surface area contributed by atoms with E-state index in [0.717, 1.165) is 10.5 Å². The van der Waals surface area contributed by atoms with E-state index >= 15 is 0 Å². The third kappa shape index (κ3) is 9.45. The molecule has 5 aromatic carbocycles. The van der Waals surface area contributed by atoms with Gasteiger partial charge in [0, 0.05) is 33.5 Å². The number of carbonyl (C=O) groups is 3. The highest BCUT2D eigenvalue weighted by molar-refractivity contribution is 8.00.